The summed E-state index contributed by atoms with van der Waals surface area (Å²) in [5.41, 5.74) is -0.481. The number of rotatable bonds is 7. The Morgan fingerprint density at radius 2 is 1.67 bits per heavy atom. The summed E-state index contributed by atoms with van der Waals surface area (Å²) >= 11 is 0. The van der Waals surface area contributed by atoms with Gasteiger partial charge in [0.1, 0.15) is 0 Å². The third-order valence-corrected chi connectivity index (χ3v) is 4.30. The van der Waals surface area contributed by atoms with E-state index in [1.807, 2.05) is 13.8 Å². The first-order valence-electron chi connectivity index (χ1n) is 7.73. The zero-order valence-electron chi connectivity index (χ0n) is 12.9. The van der Waals surface area contributed by atoms with E-state index in [1.165, 1.54) is 0 Å². The number of carboxylic acids is 1. The molecule has 0 saturated heterocycles. The van der Waals surface area contributed by atoms with Crippen molar-refractivity contribution in [2.45, 2.75) is 71.3 Å². The van der Waals surface area contributed by atoms with E-state index in [0.29, 0.717) is 0 Å². The monoisotopic (exact) mass is 298 g/mol. The lowest BCUT2D eigenvalue weighted by molar-refractivity contribution is -0.140. The Bertz CT molecular complexity index is 385. The van der Waals surface area contributed by atoms with Crippen molar-refractivity contribution in [1.29, 1.82) is 0 Å². The van der Waals surface area contributed by atoms with Crippen LogP contribution in [0.5, 0.6) is 0 Å². The Morgan fingerprint density at radius 1 is 1.10 bits per heavy atom. The number of carbonyl (C=O) groups excluding carboxylic acids is 2. The SMILES string of the molecule is CCC(CC)NC(=O)NC(=O)CC1(CC(=O)O)CCCC1. The summed E-state index contributed by atoms with van der Waals surface area (Å²) in [4.78, 5) is 34.7. The van der Waals surface area contributed by atoms with Gasteiger partial charge in [0.05, 0.1) is 6.42 Å². The molecule has 0 radical (unpaired) electrons. The van der Waals surface area contributed by atoms with Crippen LogP contribution in [0.15, 0.2) is 0 Å². The van der Waals surface area contributed by atoms with E-state index in [9.17, 15) is 14.4 Å². The molecule has 0 spiro atoms. The van der Waals surface area contributed by atoms with E-state index < -0.39 is 17.4 Å². The van der Waals surface area contributed by atoms with Crippen molar-refractivity contribution < 1.29 is 19.5 Å². The fourth-order valence-electron chi connectivity index (χ4n) is 3.09. The number of nitrogens with one attached hydrogen (secondary N) is 2. The van der Waals surface area contributed by atoms with E-state index in [4.69, 9.17) is 5.11 Å². The van der Waals surface area contributed by atoms with Gasteiger partial charge in [-0.25, -0.2) is 4.79 Å². The van der Waals surface area contributed by atoms with Crippen LogP contribution in [0.3, 0.4) is 0 Å². The van der Waals surface area contributed by atoms with Crippen molar-refractivity contribution >= 4 is 17.9 Å². The van der Waals surface area contributed by atoms with Gasteiger partial charge in [-0.05, 0) is 31.1 Å². The molecule has 6 nitrogen and oxygen atoms in total. The van der Waals surface area contributed by atoms with E-state index in [2.05, 4.69) is 10.6 Å². The highest BCUT2D eigenvalue weighted by Crippen LogP contribution is 2.43. The zero-order valence-corrected chi connectivity index (χ0v) is 12.9. The highest BCUT2D eigenvalue weighted by atomic mass is 16.4. The molecule has 0 aromatic heterocycles. The average Bonchev–Trinajstić information content (AvgIpc) is 2.82. The van der Waals surface area contributed by atoms with Crippen molar-refractivity contribution in [1.82, 2.24) is 10.6 Å². The number of amides is 3. The van der Waals surface area contributed by atoms with Gasteiger partial charge in [-0.3, -0.25) is 14.9 Å². The zero-order chi connectivity index (χ0) is 15.9. The third-order valence-electron chi connectivity index (χ3n) is 4.30. The average molecular weight is 298 g/mol. The molecule has 3 N–H and O–H groups in total. The van der Waals surface area contributed by atoms with Crippen LogP contribution >= 0.6 is 0 Å². The molecule has 0 atom stereocenters. The molecule has 3 amide bonds. The summed E-state index contributed by atoms with van der Waals surface area (Å²) in [6, 6.07) is -0.436. The first-order chi connectivity index (χ1) is 9.90. The molecule has 1 saturated carbocycles. The van der Waals surface area contributed by atoms with Crippen molar-refractivity contribution in [3.63, 3.8) is 0 Å². The normalized spacial score (nSPS) is 16.7. The van der Waals surface area contributed by atoms with E-state index >= 15 is 0 Å². The maximum atomic E-state index is 12.0. The van der Waals surface area contributed by atoms with Gasteiger partial charge in [0.15, 0.2) is 0 Å². The molecule has 0 aromatic rings. The van der Waals surface area contributed by atoms with Crippen molar-refractivity contribution in [3.05, 3.63) is 0 Å². The first kappa shape index (κ1) is 17.5. The van der Waals surface area contributed by atoms with Crippen LogP contribution in [0.4, 0.5) is 4.79 Å². The largest absolute Gasteiger partial charge is 0.481 e. The van der Waals surface area contributed by atoms with Crippen molar-refractivity contribution in [3.8, 4) is 0 Å². The molecule has 1 rings (SSSR count). The van der Waals surface area contributed by atoms with E-state index in [-0.39, 0.29) is 24.8 Å². The lowest BCUT2D eigenvalue weighted by Crippen LogP contribution is -2.45. The number of aliphatic carboxylic acids is 1. The standard InChI is InChI=1S/C15H26N2O4/c1-3-11(4-2)16-14(21)17-12(18)9-15(10-13(19)20)7-5-6-8-15/h11H,3-10H2,1-2H3,(H,19,20)(H2,16,17,18,21). The molecule has 1 aliphatic rings. The lowest BCUT2D eigenvalue weighted by Gasteiger charge is -2.26. The molecule has 120 valence electrons. The van der Waals surface area contributed by atoms with Gasteiger partial charge in [-0.2, -0.15) is 0 Å². The topological polar surface area (TPSA) is 95.5 Å². The Morgan fingerprint density at radius 3 is 2.14 bits per heavy atom. The predicted octanol–water partition coefficient (Wildman–Crippen LogP) is 2.43. The summed E-state index contributed by atoms with van der Waals surface area (Å²) in [5.74, 6) is -1.27. The molecule has 0 bridgehead atoms. The van der Waals surface area contributed by atoms with Gasteiger partial charge >= 0.3 is 12.0 Å². The Kier molecular flexibility index (Phi) is 6.65. The molecule has 1 aliphatic carbocycles. The minimum atomic E-state index is -0.883. The first-order valence-corrected chi connectivity index (χ1v) is 7.73. The molecular formula is C15H26N2O4. The summed E-state index contributed by atoms with van der Waals surface area (Å²) < 4.78 is 0. The third kappa shape index (κ3) is 5.73. The maximum Gasteiger partial charge on any atom is 0.321 e. The second-order valence-electron chi connectivity index (χ2n) is 5.99. The number of hydrogen-bond donors (Lipinski definition) is 3. The molecular weight excluding hydrogens is 272 g/mol. The molecule has 0 aliphatic heterocycles. The van der Waals surface area contributed by atoms with Gasteiger partial charge in [0.2, 0.25) is 5.91 Å². The van der Waals surface area contributed by atoms with E-state index in [0.717, 1.165) is 38.5 Å². The number of carboxylic acid groups (broad SMARTS) is 1. The Labute approximate surface area is 125 Å². The molecule has 0 heterocycles. The number of imide groups is 1. The fourth-order valence-corrected chi connectivity index (χ4v) is 3.09. The smallest absolute Gasteiger partial charge is 0.321 e. The van der Waals surface area contributed by atoms with Crippen LogP contribution in [0.25, 0.3) is 0 Å². The number of urea groups is 1. The minimum absolute atomic E-state index is 0.00537. The number of hydrogen-bond acceptors (Lipinski definition) is 3. The summed E-state index contributed by atoms with van der Waals surface area (Å²) in [6.45, 7) is 3.94. The van der Waals surface area contributed by atoms with Gasteiger partial charge < -0.3 is 10.4 Å². The quantitative estimate of drug-likeness (QED) is 0.672. The summed E-state index contributed by atoms with van der Waals surface area (Å²) in [6.07, 6.45) is 5.08. The molecule has 6 heteroatoms. The maximum absolute atomic E-state index is 12.0. The van der Waals surface area contributed by atoms with Crippen LogP contribution in [-0.4, -0.2) is 29.1 Å². The van der Waals surface area contributed by atoms with Crippen LogP contribution < -0.4 is 10.6 Å². The minimum Gasteiger partial charge on any atom is -0.481 e. The lowest BCUT2D eigenvalue weighted by atomic mass is 9.79. The van der Waals surface area contributed by atoms with Crippen LogP contribution in [-0.2, 0) is 9.59 Å². The molecule has 0 unspecified atom stereocenters. The van der Waals surface area contributed by atoms with Gasteiger partial charge in [0, 0.05) is 12.5 Å². The predicted molar refractivity (Wildman–Crippen MR) is 78.8 cm³/mol. The molecule has 0 aromatic carbocycles. The Balaban J connectivity index is 2.51. The van der Waals surface area contributed by atoms with Crippen molar-refractivity contribution in [2.24, 2.45) is 5.41 Å². The molecule has 1 fully saturated rings. The summed E-state index contributed by atoms with van der Waals surface area (Å²) in [7, 11) is 0. The van der Waals surface area contributed by atoms with Crippen molar-refractivity contribution in [2.75, 3.05) is 0 Å². The highest BCUT2D eigenvalue weighted by Gasteiger charge is 2.38. The van der Waals surface area contributed by atoms with Gasteiger partial charge in [-0.1, -0.05) is 26.7 Å². The second kappa shape index (κ2) is 8.00. The molecule has 21 heavy (non-hydrogen) atoms. The van der Waals surface area contributed by atoms with E-state index in [1.54, 1.807) is 0 Å². The highest BCUT2D eigenvalue weighted by molar-refractivity contribution is 5.94. The second-order valence-corrected chi connectivity index (χ2v) is 5.99. The Hall–Kier alpha value is -1.59. The van der Waals surface area contributed by atoms with Crippen LogP contribution in [0.2, 0.25) is 0 Å². The van der Waals surface area contributed by atoms with Gasteiger partial charge in [-0.15, -0.1) is 0 Å². The van der Waals surface area contributed by atoms with Crippen LogP contribution in [0.1, 0.15) is 65.2 Å². The fraction of sp³-hybridized carbons (Fsp3) is 0.800. The van der Waals surface area contributed by atoms with Gasteiger partial charge in [0.25, 0.3) is 0 Å². The van der Waals surface area contributed by atoms with Crippen LogP contribution in [0, 0.1) is 5.41 Å². The summed E-state index contributed by atoms with van der Waals surface area (Å²) in [5, 5.41) is 14.1. The number of carbonyl (C=O) groups is 3.